The summed E-state index contributed by atoms with van der Waals surface area (Å²) < 4.78 is 6.45. The third-order valence-electron chi connectivity index (χ3n) is 2.98. The Morgan fingerprint density at radius 1 is 1.61 bits per heavy atom. The molecule has 1 aliphatic heterocycles. The lowest BCUT2D eigenvalue weighted by Crippen LogP contribution is -2.47. The van der Waals surface area contributed by atoms with Gasteiger partial charge in [0, 0.05) is 24.1 Å². The number of halogens is 1. The van der Waals surface area contributed by atoms with Gasteiger partial charge in [-0.05, 0) is 30.2 Å². The molecule has 0 radical (unpaired) electrons. The second kappa shape index (κ2) is 6.31. The Bertz CT molecular complexity index is 431. The molecule has 1 heterocycles. The standard InChI is InChI=1S/C13H17BrN2O2/c1-9-6-11(14)3-2-10(9)7-16-13(17)12-8-15-4-5-18-12/h2-3,6,12,15H,4-5,7-8H2,1H3,(H,16,17). The van der Waals surface area contributed by atoms with E-state index in [1.807, 2.05) is 25.1 Å². The normalized spacial score (nSPS) is 19.6. The second-order valence-electron chi connectivity index (χ2n) is 4.35. The fourth-order valence-electron chi connectivity index (χ4n) is 1.89. The van der Waals surface area contributed by atoms with Gasteiger partial charge in [0.1, 0.15) is 6.10 Å². The van der Waals surface area contributed by atoms with E-state index in [1.54, 1.807) is 0 Å². The number of hydrogen-bond acceptors (Lipinski definition) is 3. The van der Waals surface area contributed by atoms with Gasteiger partial charge in [-0.1, -0.05) is 22.0 Å². The summed E-state index contributed by atoms with van der Waals surface area (Å²) in [6.07, 6.45) is -0.366. The number of hydrogen-bond donors (Lipinski definition) is 2. The number of aryl methyl sites for hydroxylation is 1. The molecule has 2 rings (SSSR count). The summed E-state index contributed by atoms with van der Waals surface area (Å²) in [6, 6.07) is 6.03. The highest BCUT2D eigenvalue weighted by molar-refractivity contribution is 9.10. The van der Waals surface area contributed by atoms with Gasteiger partial charge in [0.15, 0.2) is 0 Å². The Morgan fingerprint density at radius 2 is 2.44 bits per heavy atom. The lowest BCUT2D eigenvalue weighted by atomic mass is 10.1. The SMILES string of the molecule is Cc1cc(Br)ccc1CNC(=O)C1CNCCO1. The van der Waals surface area contributed by atoms with E-state index in [0.29, 0.717) is 19.7 Å². The highest BCUT2D eigenvalue weighted by atomic mass is 79.9. The average Bonchev–Trinajstić information content (AvgIpc) is 2.38. The van der Waals surface area contributed by atoms with Crippen molar-refractivity contribution in [2.45, 2.75) is 19.6 Å². The fourth-order valence-corrected chi connectivity index (χ4v) is 2.36. The van der Waals surface area contributed by atoms with Crippen molar-refractivity contribution in [2.75, 3.05) is 19.7 Å². The minimum Gasteiger partial charge on any atom is -0.366 e. The molecule has 4 nitrogen and oxygen atoms in total. The molecular formula is C13H17BrN2O2. The van der Waals surface area contributed by atoms with E-state index in [-0.39, 0.29) is 12.0 Å². The first-order valence-electron chi connectivity index (χ1n) is 6.02. The number of nitrogens with one attached hydrogen (secondary N) is 2. The molecule has 1 amide bonds. The van der Waals surface area contributed by atoms with E-state index in [4.69, 9.17) is 4.74 Å². The maximum atomic E-state index is 11.9. The first-order valence-corrected chi connectivity index (χ1v) is 6.81. The van der Waals surface area contributed by atoms with Crippen LogP contribution in [0.5, 0.6) is 0 Å². The van der Waals surface area contributed by atoms with Gasteiger partial charge in [0.2, 0.25) is 0 Å². The van der Waals surface area contributed by atoms with E-state index in [9.17, 15) is 4.79 Å². The number of benzene rings is 1. The number of rotatable bonds is 3. The molecule has 1 aromatic carbocycles. The van der Waals surface area contributed by atoms with Gasteiger partial charge < -0.3 is 15.4 Å². The van der Waals surface area contributed by atoms with Crippen LogP contribution >= 0.6 is 15.9 Å². The first-order chi connectivity index (χ1) is 8.66. The Balaban J connectivity index is 1.88. The van der Waals surface area contributed by atoms with Crippen molar-refractivity contribution >= 4 is 21.8 Å². The number of morpholine rings is 1. The summed E-state index contributed by atoms with van der Waals surface area (Å²) >= 11 is 3.42. The molecule has 18 heavy (non-hydrogen) atoms. The van der Waals surface area contributed by atoms with E-state index >= 15 is 0 Å². The van der Waals surface area contributed by atoms with Crippen molar-refractivity contribution in [2.24, 2.45) is 0 Å². The van der Waals surface area contributed by atoms with Crippen LogP contribution in [0.25, 0.3) is 0 Å². The highest BCUT2D eigenvalue weighted by Crippen LogP contribution is 2.15. The maximum Gasteiger partial charge on any atom is 0.250 e. The van der Waals surface area contributed by atoms with E-state index in [1.165, 1.54) is 0 Å². The molecule has 0 aliphatic carbocycles. The first kappa shape index (κ1) is 13.5. The Labute approximate surface area is 115 Å². The molecule has 0 aromatic heterocycles. The molecule has 98 valence electrons. The molecule has 5 heteroatoms. The highest BCUT2D eigenvalue weighted by Gasteiger charge is 2.21. The molecule has 1 aliphatic rings. The summed E-state index contributed by atoms with van der Waals surface area (Å²) in [6.45, 7) is 4.57. The van der Waals surface area contributed by atoms with Crippen molar-refractivity contribution in [3.63, 3.8) is 0 Å². The minimum absolute atomic E-state index is 0.0514. The lowest BCUT2D eigenvalue weighted by Gasteiger charge is -2.22. The number of carbonyl (C=O) groups excluding carboxylic acids is 1. The lowest BCUT2D eigenvalue weighted by molar-refractivity contribution is -0.134. The molecular weight excluding hydrogens is 296 g/mol. The zero-order valence-corrected chi connectivity index (χ0v) is 11.9. The zero-order chi connectivity index (χ0) is 13.0. The van der Waals surface area contributed by atoms with Gasteiger partial charge in [0.25, 0.3) is 5.91 Å². The largest absolute Gasteiger partial charge is 0.366 e. The predicted octanol–water partition coefficient (Wildman–Crippen LogP) is 1.36. The molecule has 1 aromatic rings. The van der Waals surface area contributed by atoms with Crippen LogP contribution in [-0.4, -0.2) is 31.7 Å². The van der Waals surface area contributed by atoms with Crippen molar-refractivity contribution in [1.82, 2.24) is 10.6 Å². The van der Waals surface area contributed by atoms with Crippen molar-refractivity contribution < 1.29 is 9.53 Å². The third-order valence-corrected chi connectivity index (χ3v) is 3.47. The third kappa shape index (κ3) is 3.54. The topological polar surface area (TPSA) is 50.4 Å². The number of amides is 1. The zero-order valence-electron chi connectivity index (χ0n) is 10.3. The van der Waals surface area contributed by atoms with Crippen molar-refractivity contribution in [3.8, 4) is 0 Å². The number of carbonyl (C=O) groups is 1. The fraction of sp³-hybridized carbons (Fsp3) is 0.462. The van der Waals surface area contributed by atoms with Crippen LogP contribution in [0.3, 0.4) is 0 Å². The van der Waals surface area contributed by atoms with Crippen LogP contribution in [0.4, 0.5) is 0 Å². The van der Waals surface area contributed by atoms with Gasteiger partial charge in [-0.25, -0.2) is 0 Å². The van der Waals surface area contributed by atoms with E-state index in [2.05, 4.69) is 26.6 Å². The molecule has 0 bridgehead atoms. The van der Waals surface area contributed by atoms with Gasteiger partial charge >= 0.3 is 0 Å². The van der Waals surface area contributed by atoms with Crippen LogP contribution in [0.1, 0.15) is 11.1 Å². The smallest absolute Gasteiger partial charge is 0.250 e. The maximum absolute atomic E-state index is 11.9. The monoisotopic (exact) mass is 312 g/mol. The van der Waals surface area contributed by atoms with Gasteiger partial charge in [-0.15, -0.1) is 0 Å². The van der Waals surface area contributed by atoms with Gasteiger partial charge in [-0.2, -0.15) is 0 Å². The number of ether oxygens (including phenoxy) is 1. The molecule has 1 unspecified atom stereocenters. The van der Waals surface area contributed by atoms with Gasteiger partial charge in [0.05, 0.1) is 6.61 Å². The quantitative estimate of drug-likeness (QED) is 0.886. The Morgan fingerprint density at radius 3 is 3.11 bits per heavy atom. The van der Waals surface area contributed by atoms with Crippen LogP contribution in [0, 0.1) is 6.92 Å². The second-order valence-corrected chi connectivity index (χ2v) is 5.27. The molecule has 0 spiro atoms. The van der Waals surface area contributed by atoms with Crippen molar-refractivity contribution in [1.29, 1.82) is 0 Å². The van der Waals surface area contributed by atoms with Gasteiger partial charge in [-0.3, -0.25) is 4.79 Å². The molecule has 1 fully saturated rings. The molecule has 2 N–H and O–H groups in total. The van der Waals surface area contributed by atoms with Crippen LogP contribution < -0.4 is 10.6 Å². The Kier molecular flexibility index (Phi) is 4.74. The van der Waals surface area contributed by atoms with Crippen LogP contribution in [0.15, 0.2) is 22.7 Å². The van der Waals surface area contributed by atoms with E-state index < -0.39 is 0 Å². The minimum atomic E-state index is -0.366. The summed E-state index contributed by atoms with van der Waals surface area (Å²) in [5, 5.41) is 6.05. The predicted molar refractivity (Wildman–Crippen MR) is 73.3 cm³/mol. The van der Waals surface area contributed by atoms with E-state index in [0.717, 1.165) is 22.1 Å². The molecule has 1 saturated heterocycles. The summed E-state index contributed by atoms with van der Waals surface area (Å²) in [5.41, 5.74) is 2.28. The molecule has 0 saturated carbocycles. The van der Waals surface area contributed by atoms with Crippen LogP contribution in [-0.2, 0) is 16.1 Å². The Hall–Kier alpha value is -0.910. The van der Waals surface area contributed by atoms with Crippen molar-refractivity contribution in [3.05, 3.63) is 33.8 Å². The summed E-state index contributed by atoms with van der Waals surface area (Å²) in [4.78, 5) is 11.9. The van der Waals surface area contributed by atoms with Crippen LogP contribution in [0.2, 0.25) is 0 Å². The summed E-state index contributed by atoms with van der Waals surface area (Å²) in [5.74, 6) is -0.0514. The molecule has 1 atom stereocenters. The average molecular weight is 313 g/mol. The summed E-state index contributed by atoms with van der Waals surface area (Å²) in [7, 11) is 0.